The number of hydrogen-bond donors (Lipinski definition) is 0. The summed E-state index contributed by atoms with van der Waals surface area (Å²) in [7, 11) is 0. The van der Waals surface area contributed by atoms with E-state index in [1.54, 1.807) is 6.20 Å². The van der Waals surface area contributed by atoms with E-state index in [0.717, 1.165) is 51.8 Å². The fourth-order valence-corrected chi connectivity index (χ4v) is 4.36. The van der Waals surface area contributed by atoms with Gasteiger partial charge in [-0.2, -0.15) is 0 Å². The van der Waals surface area contributed by atoms with Crippen LogP contribution < -0.4 is 0 Å². The van der Waals surface area contributed by atoms with Crippen LogP contribution in [-0.4, -0.2) is 29.9 Å². The van der Waals surface area contributed by atoms with Gasteiger partial charge in [0.15, 0.2) is 17.5 Å². The van der Waals surface area contributed by atoms with Gasteiger partial charge in [-0.1, -0.05) is 74.0 Å². The molecular weight excluding hydrogens is 456 g/mol. The molecule has 0 saturated carbocycles. The monoisotopic (exact) mass is 480 g/mol. The zero-order valence-electron chi connectivity index (χ0n) is 20.4. The number of pyridine rings is 3. The van der Waals surface area contributed by atoms with Crippen molar-refractivity contribution in [2.75, 3.05) is 0 Å². The van der Waals surface area contributed by atoms with Crippen molar-refractivity contribution in [3.05, 3.63) is 109 Å². The summed E-state index contributed by atoms with van der Waals surface area (Å²) in [6, 6.07) is 30.2. The molecule has 0 fully saturated rings. The van der Waals surface area contributed by atoms with Crippen LogP contribution in [0, 0.1) is 0 Å². The highest BCUT2D eigenvalue weighted by Crippen LogP contribution is 2.29. The molecule has 6 heteroatoms. The van der Waals surface area contributed by atoms with Crippen molar-refractivity contribution in [3.8, 4) is 45.6 Å². The molecule has 6 rings (SSSR count). The summed E-state index contributed by atoms with van der Waals surface area (Å²) >= 11 is 0. The van der Waals surface area contributed by atoms with Crippen LogP contribution >= 0.6 is 0 Å². The predicted octanol–water partition coefficient (Wildman–Crippen LogP) is 6.83. The zero-order valence-corrected chi connectivity index (χ0v) is 20.4. The third kappa shape index (κ3) is 4.69. The molecule has 0 saturated heterocycles. The second kappa shape index (κ2) is 10.0. The van der Waals surface area contributed by atoms with E-state index in [4.69, 9.17) is 19.9 Å². The summed E-state index contributed by atoms with van der Waals surface area (Å²) in [4.78, 5) is 28.2. The molecule has 0 aliphatic carbocycles. The zero-order chi connectivity index (χ0) is 25.0. The maximum absolute atomic E-state index is 4.83. The van der Waals surface area contributed by atoms with Gasteiger partial charge in [-0.25, -0.2) is 19.9 Å². The lowest BCUT2D eigenvalue weighted by Gasteiger charge is -2.09. The van der Waals surface area contributed by atoms with E-state index in [1.807, 2.05) is 60.8 Å². The van der Waals surface area contributed by atoms with Gasteiger partial charge < -0.3 is 0 Å². The fourth-order valence-electron chi connectivity index (χ4n) is 4.36. The molecule has 0 aliphatic rings. The number of rotatable bonds is 6. The van der Waals surface area contributed by atoms with Gasteiger partial charge in [0.1, 0.15) is 11.4 Å². The Balaban J connectivity index is 1.44. The largest absolute Gasteiger partial charge is 0.256 e. The Hall–Kier alpha value is -4.84. The molecule has 0 amide bonds. The van der Waals surface area contributed by atoms with Crippen molar-refractivity contribution in [2.24, 2.45) is 0 Å². The first-order valence-electron chi connectivity index (χ1n) is 12.4. The third-order valence-corrected chi connectivity index (χ3v) is 6.16. The molecule has 0 N–H and O–H groups in total. The third-order valence-electron chi connectivity index (χ3n) is 6.16. The molecule has 0 bridgehead atoms. The Kier molecular flexibility index (Phi) is 6.13. The summed E-state index contributed by atoms with van der Waals surface area (Å²) < 4.78 is 0. The van der Waals surface area contributed by atoms with Gasteiger partial charge in [-0.15, -0.1) is 0 Å². The van der Waals surface area contributed by atoms with Crippen LogP contribution in [0.15, 0.2) is 103 Å². The second-order valence-corrected chi connectivity index (χ2v) is 8.74. The fraction of sp³-hybridized carbons (Fsp3) is 0.0968. The van der Waals surface area contributed by atoms with Crippen LogP contribution in [0.3, 0.4) is 0 Å². The first kappa shape index (κ1) is 22.6. The van der Waals surface area contributed by atoms with Gasteiger partial charge in [-0.3, -0.25) is 9.97 Å². The second-order valence-electron chi connectivity index (χ2n) is 8.74. The van der Waals surface area contributed by atoms with E-state index in [9.17, 15) is 0 Å². The highest BCUT2D eigenvalue weighted by atomic mass is 15.1. The molecule has 0 spiro atoms. The average molecular weight is 481 g/mol. The number of para-hydroxylation sites is 1. The number of benzene rings is 2. The van der Waals surface area contributed by atoms with E-state index < -0.39 is 0 Å². The standard InChI is InChI=1S/C31H24N6/c1-2-8-24-11-6-14-27(34-24)31-36-29(35-30(37-31)26-13-3-4-19-32-26)23-17-15-21(16-18-23)25-12-5-9-22-10-7-20-33-28(22)25/h3-7,9-20H,2,8H2,1H3. The molecule has 0 unspecified atom stereocenters. The topological polar surface area (TPSA) is 77.3 Å². The Morgan fingerprint density at radius 1 is 0.541 bits per heavy atom. The molecule has 0 atom stereocenters. The molecule has 4 aromatic heterocycles. The summed E-state index contributed by atoms with van der Waals surface area (Å²) in [6.07, 6.45) is 5.50. The lowest BCUT2D eigenvalue weighted by molar-refractivity contribution is 0.881. The average Bonchev–Trinajstić information content (AvgIpc) is 2.97. The maximum Gasteiger partial charge on any atom is 0.182 e. The van der Waals surface area contributed by atoms with E-state index in [-0.39, 0.29) is 0 Å². The van der Waals surface area contributed by atoms with Gasteiger partial charge in [-0.05, 0) is 42.3 Å². The Bertz CT molecular complexity index is 1680. The molecule has 6 aromatic rings. The van der Waals surface area contributed by atoms with Crippen LogP contribution in [0.25, 0.3) is 56.5 Å². The molecule has 6 nitrogen and oxygen atoms in total. The van der Waals surface area contributed by atoms with Crippen LogP contribution in [0.5, 0.6) is 0 Å². The van der Waals surface area contributed by atoms with Crippen molar-refractivity contribution < 1.29 is 0 Å². The summed E-state index contributed by atoms with van der Waals surface area (Å²) in [6.45, 7) is 2.15. The Labute approximate surface area is 215 Å². The highest BCUT2D eigenvalue weighted by Gasteiger charge is 2.14. The number of aromatic nitrogens is 6. The molecule has 0 radical (unpaired) electrons. The van der Waals surface area contributed by atoms with Gasteiger partial charge in [0, 0.05) is 34.6 Å². The number of fused-ring (bicyclic) bond motifs is 1. The van der Waals surface area contributed by atoms with E-state index in [2.05, 4.69) is 53.3 Å². The quantitative estimate of drug-likeness (QED) is 0.260. The Morgan fingerprint density at radius 3 is 2.05 bits per heavy atom. The minimum atomic E-state index is 0.519. The smallest absolute Gasteiger partial charge is 0.182 e. The highest BCUT2D eigenvalue weighted by molar-refractivity contribution is 5.93. The van der Waals surface area contributed by atoms with Gasteiger partial charge in [0.05, 0.1) is 5.52 Å². The van der Waals surface area contributed by atoms with Crippen molar-refractivity contribution in [1.82, 2.24) is 29.9 Å². The molecule has 4 heterocycles. The lowest BCUT2D eigenvalue weighted by Crippen LogP contribution is -2.02. The SMILES string of the molecule is CCCc1cccc(-c2nc(-c3ccc(-c4cccc5cccnc45)cc3)nc(-c3ccccn3)n2)n1. The van der Waals surface area contributed by atoms with Crippen LogP contribution in [0.2, 0.25) is 0 Å². The first-order valence-corrected chi connectivity index (χ1v) is 12.4. The summed E-state index contributed by atoms with van der Waals surface area (Å²) in [5, 5.41) is 1.11. The number of aryl methyl sites for hydroxylation is 1. The molecule has 0 aliphatic heterocycles. The first-order chi connectivity index (χ1) is 18.3. The van der Waals surface area contributed by atoms with Gasteiger partial charge >= 0.3 is 0 Å². The van der Waals surface area contributed by atoms with Gasteiger partial charge in [0.2, 0.25) is 0 Å². The van der Waals surface area contributed by atoms with E-state index in [1.165, 1.54) is 0 Å². The van der Waals surface area contributed by atoms with Crippen molar-refractivity contribution in [3.63, 3.8) is 0 Å². The van der Waals surface area contributed by atoms with Crippen LogP contribution in [-0.2, 0) is 6.42 Å². The number of hydrogen-bond acceptors (Lipinski definition) is 6. The predicted molar refractivity (Wildman–Crippen MR) is 146 cm³/mol. The van der Waals surface area contributed by atoms with Crippen molar-refractivity contribution >= 4 is 10.9 Å². The molecular formula is C31H24N6. The van der Waals surface area contributed by atoms with E-state index >= 15 is 0 Å². The van der Waals surface area contributed by atoms with Gasteiger partial charge in [0.25, 0.3) is 0 Å². The summed E-state index contributed by atoms with van der Waals surface area (Å²) in [5.74, 6) is 1.63. The lowest BCUT2D eigenvalue weighted by atomic mass is 10.0. The molecule has 178 valence electrons. The normalized spacial score (nSPS) is 11.1. The van der Waals surface area contributed by atoms with Crippen molar-refractivity contribution in [2.45, 2.75) is 19.8 Å². The summed E-state index contributed by atoms with van der Waals surface area (Å²) in [5.41, 5.74) is 6.49. The minimum Gasteiger partial charge on any atom is -0.256 e. The molecule has 37 heavy (non-hydrogen) atoms. The minimum absolute atomic E-state index is 0.519. The number of nitrogens with zero attached hydrogens (tertiary/aromatic N) is 6. The van der Waals surface area contributed by atoms with Crippen LogP contribution in [0.1, 0.15) is 19.0 Å². The van der Waals surface area contributed by atoms with E-state index in [0.29, 0.717) is 23.2 Å². The maximum atomic E-state index is 4.83. The van der Waals surface area contributed by atoms with Crippen molar-refractivity contribution in [1.29, 1.82) is 0 Å². The van der Waals surface area contributed by atoms with Crippen LogP contribution in [0.4, 0.5) is 0 Å². The molecule has 2 aromatic carbocycles. The Morgan fingerprint density at radius 2 is 1.24 bits per heavy atom.